The Labute approximate surface area is 152 Å². The van der Waals surface area contributed by atoms with Gasteiger partial charge in [-0.3, -0.25) is 0 Å². The fourth-order valence-electron chi connectivity index (χ4n) is 3.29. The van der Waals surface area contributed by atoms with E-state index in [0.29, 0.717) is 0 Å². The van der Waals surface area contributed by atoms with Gasteiger partial charge in [-0.05, 0) is 38.5 Å². The van der Waals surface area contributed by atoms with Crippen LogP contribution in [0, 0.1) is 0 Å². The largest absolute Gasteiger partial charge is 0.313 e. The van der Waals surface area contributed by atoms with Crippen LogP contribution in [0.3, 0.4) is 0 Å². The number of hydrogen-bond acceptors (Lipinski definition) is 2. The highest BCUT2D eigenvalue weighted by Gasteiger charge is 2.16. The van der Waals surface area contributed by atoms with Crippen LogP contribution in [0.4, 0.5) is 0 Å². The van der Waals surface area contributed by atoms with Crippen LogP contribution >= 0.6 is 0 Å². The minimum atomic E-state index is -0.421. The van der Waals surface area contributed by atoms with Crippen LogP contribution in [0.1, 0.15) is 123 Å². The van der Waals surface area contributed by atoms with E-state index in [4.69, 9.17) is 11.5 Å². The van der Waals surface area contributed by atoms with Crippen molar-refractivity contribution in [2.45, 2.75) is 129 Å². The van der Waals surface area contributed by atoms with Crippen molar-refractivity contribution in [2.24, 2.45) is 11.5 Å². The highest BCUT2D eigenvalue weighted by atomic mass is 14.9. The van der Waals surface area contributed by atoms with E-state index < -0.39 is 5.66 Å². The van der Waals surface area contributed by atoms with Gasteiger partial charge in [0.2, 0.25) is 0 Å². The van der Waals surface area contributed by atoms with Gasteiger partial charge in [0.25, 0.3) is 0 Å². The average Bonchev–Trinajstić information content (AvgIpc) is 2.54. The summed E-state index contributed by atoms with van der Waals surface area (Å²) < 4.78 is 0. The van der Waals surface area contributed by atoms with Crippen LogP contribution in [0.5, 0.6) is 0 Å². The van der Waals surface area contributed by atoms with E-state index in [2.05, 4.69) is 26.0 Å². The number of nitrogens with two attached hydrogens (primary N) is 2. The first-order valence-electron chi connectivity index (χ1n) is 10.8. The first-order valence-corrected chi connectivity index (χ1v) is 10.8. The van der Waals surface area contributed by atoms with E-state index in [9.17, 15) is 0 Å². The maximum absolute atomic E-state index is 6.06. The molecule has 0 spiro atoms. The van der Waals surface area contributed by atoms with E-state index in [0.717, 1.165) is 19.3 Å². The van der Waals surface area contributed by atoms with Gasteiger partial charge in [-0.1, -0.05) is 96.6 Å². The first-order chi connectivity index (χ1) is 11.6. The molecule has 24 heavy (non-hydrogen) atoms. The number of allylic oxidation sites excluding steroid dienone is 2. The first kappa shape index (κ1) is 23.7. The zero-order valence-electron chi connectivity index (χ0n) is 16.8. The Morgan fingerprint density at radius 3 is 1.50 bits per heavy atom. The highest BCUT2D eigenvalue weighted by molar-refractivity contribution is 4.81. The lowest BCUT2D eigenvalue weighted by atomic mass is 9.98. The maximum atomic E-state index is 6.06. The van der Waals surface area contributed by atoms with E-state index in [1.54, 1.807) is 0 Å². The second-order valence-electron chi connectivity index (χ2n) is 7.67. The van der Waals surface area contributed by atoms with Gasteiger partial charge in [0.1, 0.15) is 0 Å². The molecule has 2 heteroatoms. The van der Waals surface area contributed by atoms with Crippen molar-refractivity contribution in [2.75, 3.05) is 0 Å². The van der Waals surface area contributed by atoms with Crippen molar-refractivity contribution in [3.63, 3.8) is 0 Å². The molecule has 0 aromatic heterocycles. The van der Waals surface area contributed by atoms with Crippen molar-refractivity contribution in [1.29, 1.82) is 0 Å². The average molecular weight is 339 g/mol. The van der Waals surface area contributed by atoms with Gasteiger partial charge in [0, 0.05) is 0 Å². The van der Waals surface area contributed by atoms with Crippen molar-refractivity contribution >= 4 is 0 Å². The van der Waals surface area contributed by atoms with E-state index in [1.165, 1.54) is 89.9 Å². The van der Waals surface area contributed by atoms with E-state index in [-0.39, 0.29) is 0 Å². The van der Waals surface area contributed by atoms with Gasteiger partial charge in [-0.15, -0.1) is 0 Å². The predicted octanol–water partition coefficient (Wildman–Crippen LogP) is 6.83. The molecule has 0 rings (SSSR count). The Kier molecular flexibility index (Phi) is 17.2. The van der Waals surface area contributed by atoms with Crippen LogP contribution < -0.4 is 11.5 Å². The number of hydrogen-bond donors (Lipinski definition) is 2. The maximum Gasteiger partial charge on any atom is 0.0636 e. The Bertz CT molecular complexity index is 271. The second-order valence-corrected chi connectivity index (χ2v) is 7.67. The van der Waals surface area contributed by atoms with Crippen LogP contribution in [0.15, 0.2) is 12.2 Å². The van der Waals surface area contributed by atoms with Gasteiger partial charge < -0.3 is 11.5 Å². The van der Waals surface area contributed by atoms with Crippen molar-refractivity contribution in [3.05, 3.63) is 12.2 Å². The molecule has 0 fully saturated rings. The van der Waals surface area contributed by atoms with Crippen LogP contribution in [0.25, 0.3) is 0 Å². The smallest absolute Gasteiger partial charge is 0.0636 e. The molecule has 0 aliphatic heterocycles. The minimum Gasteiger partial charge on any atom is -0.313 e. The Morgan fingerprint density at radius 1 is 0.542 bits per heavy atom. The summed E-state index contributed by atoms with van der Waals surface area (Å²) in [6.07, 6.45) is 26.6. The molecular formula is C22H46N2. The Hall–Kier alpha value is -0.340. The molecule has 0 unspecified atom stereocenters. The molecular weight excluding hydrogens is 292 g/mol. The molecule has 0 bridgehead atoms. The third kappa shape index (κ3) is 18.0. The predicted molar refractivity (Wildman–Crippen MR) is 110 cm³/mol. The monoisotopic (exact) mass is 338 g/mol. The number of rotatable bonds is 18. The molecule has 0 heterocycles. The number of unbranched alkanes of at least 4 members (excludes halogenated alkanes) is 12. The molecule has 0 aromatic rings. The van der Waals surface area contributed by atoms with Crippen LogP contribution in [0.2, 0.25) is 0 Å². The molecule has 0 saturated carbocycles. The molecule has 0 amide bonds. The normalized spacial score (nSPS) is 12.3. The van der Waals surface area contributed by atoms with E-state index in [1.807, 2.05) is 0 Å². The lowest BCUT2D eigenvalue weighted by Crippen LogP contribution is -2.48. The van der Waals surface area contributed by atoms with Gasteiger partial charge in [-0.2, -0.15) is 0 Å². The van der Waals surface area contributed by atoms with Crippen LogP contribution in [-0.4, -0.2) is 5.66 Å². The van der Waals surface area contributed by atoms with Crippen molar-refractivity contribution in [3.8, 4) is 0 Å². The molecule has 4 N–H and O–H groups in total. The fraction of sp³-hybridized carbons (Fsp3) is 0.909. The molecule has 0 aromatic carbocycles. The summed E-state index contributed by atoms with van der Waals surface area (Å²) in [6, 6.07) is 0. The summed E-state index contributed by atoms with van der Waals surface area (Å²) >= 11 is 0. The molecule has 0 radical (unpaired) electrons. The van der Waals surface area contributed by atoms with Gasteiger partial charge in [-0.25, -0.2) is 0 Å². The topological polar surface area (TPSA) is 52.0 Å². The Balaban J connectivity index is 3.21. The summed E-state index contributed by atoms with van der Waals surface area (Å²) in [6.45, 7) is 4.43. The second kappa shape index (κ2) is 17.5. The lowest BCUT2D eigenvalue weighted by Gasteiger charge is -2.23. The zero-order valence-corrected chi connectivity index (χ0v) is 16.8. The van der Waals surface area contributed by atoms with Crippen molar-refractivity contribution < 1.29 is 0 Å². The van der Waals surface area contributed by atoms with Gasteiger partial charge >= 0.3 is 0 Å². The molecule has 2 nitrogen and oxygen atoms in total. The fourth-order valence-corrected chi connectivity index (χ4v) is 3.29. The lowest BCUT2D eigenvalue weighted by molar-refractivity contribution is 0.357. The molecule has 0 aliphatic rings. The SMILES string of the molecule is CCCCCCCC/C=C\CCCCCCCCC(N)(N)CCC. The molecule has 144 valence electrons. The summed E-state index contributed by atoms with van der Waals surface area (Å²) in [5.74, 6) is 0. The summed E-state index contributed by atoms with van der Waals surface area (Å²) in [7, 11) is 0. The molecule has 0 aliphatic carbocycles. The van der Waals surface area contributed by atoms with Crippen molar-refractivity contribution in [1.82, 2.24) is 0 Å². The molecule has 0 atom stereocenters. The third-order valence-electron chi connectivity index (χ3n) is 4.87. The van der Waals surface area contributed by atoms with Gasteiger partial charge in [0.05, 0.1) is 5.66 Å². The standard InChI is InChI=1S/C22H46N2/c1-3-5-6-7-8-9-10-11-12-13-14-15-16-17-18-19-21-22(23,24)20-4-2/h11-12H,3-10,13-21,23-24H2,1-2H3/b12-11-. The van der Waals surface area contributed by atoms with E-state index >= 15 is 0 Å². The summed E-state index contributed by atoms with van der Waals surface area (Å²) in [4.78, 5) is 0. The zero-order chi connectivity index (χ0) is 17.9. The summed E-state index contributed by atoms with van der Waals surface area (Å²) in [5, 5.41) is 0. The van der Waals surface area contributed by atoms with Gasteiger partial charge in [0.15, 0.2) is 0 Å². The quantitative estimate of drug-likeness (QED) is 0.163. The Morgan fingerprint density at radius 2 is 1.00 bits per heavy atom. The minimum absolute atomic E-state index is 0.421. The van der Waals surface area contributed by atoms with Crippen LogP contribution in [-0.2, 0) is 0 Å². The third-order valence-corrected chi connectivity index (χ3v) is 4.87. The molecule has 0 saturated heterocycles. The highest BCUT2D eigenvalue weighted by Crippen LogP contribution is 2.15. The summed E-state index contributed by atoms with van der Waals surface area (Å²) in [5.41, 5.74) is 11.7.